The summed E-state index contributed by atoms with van der Waals surface area (Å²) in [5, 5.41) is 11.3. The molecule has 0 aliphatic carbocycles. The van der Waals surface area contributed by atoms with Gasteiger partial charge in [-0.25, -0.2) is 4.39 Å². The van der Waals surface area contributed by atoms with E-state index in [1.165, 1.54) is 18.2 Å². The van der Waals surface area contributed by atoms with Crippen LogP contribution in [-0.2, 0) is 6.54 Å². The molecule has 0 saturated carbocycles. The van der Waals surface area contributed by atoms with E-state index >= 15 is 0 Å². The largest absolute Gasteiger partial charge is 0.438 e. The van der Waals surface area contributed by atoms with Crippen molar-refractivity contribution in [3.05, 3.63) is 51.9 Å². The molecule has 118 valence electrons. The Labute approximate surface area is 134 Å². The maximum atomic E-state index is 12.6. The summed E-state index contributed by atoms with van der Waals surface area (Å²) in [5.74, 6) is 0.395. The smallest absolute Gasteiger partial charge is 0.273 e. The summed E-state index contributed by atoms with van der Waals surface area (Å²) in [6.45, 7) is -0.417. The number of alkyl halides is 1. The van der Waals surface area contributed by atoms with Crippen molar-refractivity contribution in [3.63, 3.8) is 0 Å². The summed E-state index contributed by atoms with van der Waals surface area (Å²) < 4.78 is 19.8. The Morgan fingerprint density at radius 1 is 1.35 bits per heavy atom. The van der Waals surface area contributed by atoms with Crippen molar-refractivity contribution in [1.82, 2.24) is 14.5 Å². The Morgan fingerprint density at radius 3 is 2.91 bits per heavy atom. The zero-order valence-electron chi connectivity index (χ0n) is 11.6. The first-order valence-electron chi connectivity index (χ1n) is 6.59. The molecule has 1 aromatic carbocycles. The fraction of sp³-hybridized carbons (Fsp3) is 0.143. The Kier molecular flexibility index (Phi) is 4.07. The van der Waals surface area contributed by atoms with E-state index < -0.39 is 11.6 Å². The number of aromatic nitrogens is 3. The molecule has 3 rings (SSSR count). The third kappa shape index (κ3) is 3.07. The highest BCUT2D eigenvalue weighted by molar-refractivity contribution is 6.28. The number of hydrogen-bond acceptors (Lipinski definition) is 5. The molecule has 7 nitrogen and oxygen atoms in total. The lowest BCUT2D eigenvalue weighted by molar-refractivity contribution is -0.384. The Hall–Kier alpha value is -2.74. The quantitative estimate of drug-likeness (QED) is 0.402. The van der Waals surface area contributed by atoms with Gasteiger partial charge in [0.2, 0.25) is 11.2 Å². The SMILES string of the molecule is O=[N+]([O-])c1cccc(Oc2nc(Cl)nc3c2ccn3CCF)c1. The molecular formula is C14H10ClFN4O3. The molecule has 0 saturated heterocycles. The van der Waals surface area contributed by atoms with Crippen molar-refractivity contribution in [2.45, 2.75) is 6.54 Å². The first kappa shape index (κ1) is 15.2. The van der Waals surface area contributed by atoms with Crippen molar-refractivity contribution >= 4 is 28.3 Å². The number of halogens is 2. The molecule has 0 amide bonds. The summed E-state index contributed by atoms with van der Waals surface area (Å²) in [6, 6.07) is 7.37. The van der Waals surface area contributed by atoms with Gasteiger partial charge in [-0.2, -0.15) is 9.97 Å². The summed E-state index contributed by atoms with van der Waals surface area (Å²) in [7, 11) is 0. The fourth-order valence-electron chi connectivity index (χ4n) is 2.13. The van der Waals surface area contributed by atoms with Gasteiger partial charge >= 0.3 is 0 Å². The zero-order chi connectivity index (χ0) is 16.4. The zero-order valence-corrected chi connectivity index (χ0v) is 12.4. The van der Waals surface area contributed by atoms with Crippen LogP contribution in [0.4, 0.5) is 10.1 Å². The van der Waals surface area contributed by atoms with E-state index in [1.54, 1.807) is 22.9 Å². The Balaban J connectivity index is 2.03. The van der Waals surface area contributed by atoms with Crippen LogP contribution < -0.4 is 4.74 Å². The molecule has 0 atom stereocenters. The van der Waals surface area contributed by atoms with Crippen molar-refractivity contribution < 1.29 is 14.1 Å². The van der Waals surface area contributed by atoms with Crippen LogP contribution in [-0.4, -0.2) is 26.1 Å². The molecule has 23 heavy (non-hydrogen) atoms. The fourth-order valence-corrected chi connectivity index (χ4v) is 2.29. The highest BCUT2D eigenvalue weighted by Crippen LogP contribution is 2.30. The van der Waals surface area contributed by atoms with Crippen LogP contribution in [0.25, 0.3) is 11.0 Å². The molecule has 0 bridgehead atoms. The molecule has 0 unspecified atom stereocenters. The molecule has 0 radical (unpaired) electrons. The van der Waals surface area contributed by atoms with Gasteiger partial charge in [0.25, 0.3) is 5.69 Å². The third-order valence-electron chi connectivity index (χ3n) is 3.12. The lowest BCUT2D eigenvalue weighted by Gasteiger charge is -2.07. The highest BCUT2D eigenvalue weighted by Gasteiger charge is 2.14. The van der Waals surface area contributed by atoms with Crippen molar-refractivity contribution in [2.75, 3.05) is 6.67 Å². The van der Waals surface area contributed by atoms with E-state index in [-0.39, 0.29) is 29.1 Å². The van der Waals surface area contributed by atoms with Gasteiger partial charge in [0, 0.05) is 12.3 Å². The van der Waals surface area contributed by atoms with Gasteiger partial charge in [-0.05, 0) is 23.7 Å². The molecular weight excluding hydrogens is 327 g/mol. The standard InChI is InChI=1S/C14H10ClFN4O3/c15-14-17-12-11(4-6-19(12)7-5-16)13(18-14)23-10-3-1-2-9(8-10)20(21)22/h1-4,6,8H,5,7H2. The highest BCUT2D eigenvalue weighted by atomic mass is 35.5. The second-order valence-electron chi connectivity index (χ2n) is 4.59. The van der Waals surface area contributed by atoms with Crippen LogP contribution in [0, 0.1) is 10.1 Å². The summed E-state index contributed by atoms with van der Waals surface area (Å²) in [5.41, 5.74) is 0.331. The van der Waals surface area contributed by atoms with E-state index in [1.807, 2.05) is 0 Å². The number of hydrogen-bond donors (Lipinski definition) is 0. The van der Waals surface area contributed by atoms with Crippen molar-refractivity contribution in [1.29, 1.82) is 0 Å². The minimum atomic E-state index is -0.549. The van der Waals surface area contributed by atoms with Crippen LogP contribution >= 0.6 is 11.6 Å². The first-order valence-corrected chi connectivity index (χ1v) is 6.97. The predicted octanol–water partition coefficient (Wildman–Crippen LogP) is 3.75. The second kappa shape index (κ2) is 6.17. The van der Waals surface area contributed by atoms with Crippen molar-refractivity contribution in [3.8, 4) is 11.6 Å². The Morgan fingerprint density at radius 2 is 2.17 bits per heavy atom. The lowest BCUT2D eigenvalue weighted by Crippen LogP contribution is -2.00. The minimum Gasteiger partial charge on any atom is -0.438 e. The summed E-state index contributed by atoms with van der Waals surface area (Å²) >= 11 is 5.88. The number of aryl methyl sites for hydroxylation is 1. The summed E-state index contributed by atoms with van der Waals surface area (Å²) in [6.07, 6.45) is 1.65. The number of rotatable bonds is 5. The summed E-state index contributed by atoms with van der Waals surface area (Å²) in [4.78, 5) is 18.4. The van der Waals surface area contributed by atoms with E-state index in [0.717, 1.165) is 0 Å². The number of non-ortho nitro benzene ring substituents is 1. The van der Waals surface area contributed by atoms with Crippen LogP contribution in [0.5, 0.6) is 11.6 Å². The van der Waals surface area contributed by atoms with Gasteiger partial charge < -0.3 is 9.30 Å². The monoisotopic (exact) mass is 336 g/mol. The molecule has 0 aliphatic heterocycles. The van der Waals surface area contributed by atoms with E-state index in [2.05, 4.69) is 9.97 Å². The number of nitro groups is 1. The number of nitrogens with zero attached hydrogens (tertiary/aromatic N) is 4. The van der Waals surface area contributed by atoms with Crippen LogP contribution in [0.1, 0.15) is 0 Å². The first-order chi connectivity index (χ1) is 11.1. The molecule has 2 heterocycles. The van der Waals surface area contributed by atoms with Crippen LogP contribution in [0.15, 0.2) is 36.5 Å². The normalized spacial score (nSPS) is 10.9. The van der Waals surface area contributed by atoms with E-state index in [9.17, 15) is 14.5 Å². The molecule has 0 fully saturated rings. The van der Waals surface area contributed by atoms with Crippen molar-refractivity contribution in [2.24, 2.45) is 0 Å². The van der Waals surface area contributed by atoms with Crippen LogP contribution in [0.2, 0.25) is 5.28 Å². The molecule has 3 aromatic rings. The minimum absolute atomic E-state index is 0.0586. The van der Waals surface area contributed by atoms with Gasteiger partial charge in [0.15, 0.2) is 0 Å². The van der Waals surface area contributed by atoms with Crippen LogP contribution in [0.3, 0.4) is 0 Å². The third-order valence-corrected chi connectivity index (χ3v) is 3.29. The van der Waals surface area contributed by atoms with E-state index in [4.69, 9.17) is 16.3 Å². The maximum absolute atomic E-state index is 12.6. The number of ether oxygens (including phenoxy) is 1. The average Bonchev–Trinajstić information content (AvgIpc) is 2.91. The number of nitro benzene ring substituents is 1. The molecule has 0 aliphatic rings. The number of benzene rings is 1. The Bertz CT molecular complexity index is 884. The lowest BCUT2D eigenvalue weighted by atomic mass is 10.3. The van der Waals surface area contributed by atoms with Gasteiger partial charge in [-0.15, -0.1) is 0 Å². The average molecular weight is 337 g/mol. The maximum Gasteiger partial charge on any atom is 0.273 e. The second-order valence-corrected chi connectivity index (χ2v) is 4.93. The molecule has 9 heteroatoms. The number of fused-ring (bicyclic) bond motifs is 1. The topological polar surface area (TPSA) is 83.1 Å². The van der Waals surface area contributed by atoms with Gasteiger partial charge in [0.05, 0.1) is 22.9 Å². The predicted molar refractivity (Wildman–Crippen MR) is 81.7 cm³/mol. The molecule has 0 spiro atoms. The van der Waals surface area contributed by atoms with E-state index in [0.29, 0.717) is 11.0 Å². The van der Waals surface area contributed by atoms with Gasteiger partial charge in [-0.3, -0.25) is 10.1 Å². The molecule has 0 N–H and O–H groups in total. The van der Waals surface area contributed by atoms with Gasteiger partial charge in [-0.1, -0.05) is 6.07 Å². The molecule has 2 aromatic heterocycles. The van der Waals surface area contributed by atoms with Gasteiger partial charge in [0.1, 0.15) is 18.1 Å².